The predicted molar refractivity (Wildman–Crippen MR) is 109 cm³/mol. The van der Waals surface area contributed by atoms with Crippen LogP contribution in [0.4, 0.5) is 0 Å². The Kier molecular flexibility index (Phi) is 6.78. The third-order valence-electron chi connectivity index (χ3n) is 4.64. The minimum atomic E-state index is -3.49. The molecular formula is C20H23ClNO5P. The number of carboxylic acid groups (broad SMARTS) is 1. The summed E-state index contributed by atoms with van der Waals surface area (Å²) in [6.07, 6.45) is 2.48. The molecule has 2 unspecified atom stereocenters. The Morgan fingerprint density at radius 1 is 1.18 bits per heavy atom. The van der Waals surface area contributed by atoms with E-state index in [0.717, 1.165) is 19.3 Å². The van der Waals surface area contributed by atoms with E-state index in [0.29, 0.717) is 28.4 Å². The molecule has 1 saturated heterocycles. The third kappa shape index (κ3) is 4.95. The third-order valence-corrected chi connectivity index (χ3v) is 7.59. The number of carbonyl (C=O) groups is 1. The van der Waals surface area contributed by atoms with E-state index in [-0.39, 0.29) is 12.6 Å². The Labute approximate surface area is 169 Å². The fourth-order valence-corrected chi connectivity index (χ4v) is 5.73. The van der Waals surface area contributed by atoms with Crippen LogP contribution < -0.4 is 10.0 Å². The quantitative estimate of drug-likeness (QED) is 0.687. The largest absolute Gasteiger partial charge is 0.480 e. The molecule has 2 aromatic carbocycles. The maximum atomic E-state index is 13.8. The topological polar surface area (TPSA) is 76.1 Å². The van der Waals surface area contributed by atoms with E-state index in [1.54, 1.807) is 48.5 Å². The first-order valence-electron chi connectivity index (χ1n) is 9.16. The molecule has 0 aliphatic carbocycles. The molecule has 0 aromatic heterocycles. The fraction of sp³-hybridized carbons (Fsp3) is 0.350. The minimum absolute atomic E-state index is 0.160. The number of benzene rings is 2. The van der Waals surface area contributed by atoms with Gasteiger partial charge in [-0.3, -0.25) is 9.36 Å². The van der Waals surface area contributed by atoms with E-state index in [9.17, 15) is 14.5 Å². The Hall–Kier alpha value is -1.85. The molecule has 0 spiro atoms. The zero-order valence-electron chi connectivity index (χ0n) is 15.6. The van der Waals surface area contributed by atoms with Crippen LogP contribution in [0.5, 0.6) is 11.5 Å². The van der Waals surface area contributed by atoms with Gasteiger partial charge in [0.05, 0.1) is 11.9 Å². The first kappa shape index (κ1) is 20.9. The number of nitrogens with zero attached hydrogens (tertiary/aromatic N) is 1. The number of ether oxygens (including phenoxy) is 1. The maximum Gasteiger partial charge on any atom is 0.318 e. The van der Waals surface area contributed by atoms with E-state index in [4.69, 9.17) is 20.9 Å². The lowest BCUT2D eigenvalue weighted by molar-refractivity contribution is -0.137. The average Bonchev–Trinajstić information content (AvgIpc) is 2.67. The van der Waals surface area contributed by atoms with Gasteiger partial charge in [0, 0.05) is 11.1 Å². The lowest BCUT2D eigenvalue weighted by atomic mass is 10.1. The van der Waals surface area contributed by atoms with E-state index < -0.39 is 13.5 Å². The van der Waals surface area contributed by atoms with E-state index in [1.165, 1.54) is 4.67 Å². The van der Waals surface area contributed by atoms with Crippen molar-refractivity contribution < 1.29 is 23.7 Å². The van der Waals surface area contributed by atoms with Gasteiger partial charge in [0.1, 0.15) is 18.0 Å². The zero-order valence-corrected chi connectivity index (χ0v) is 17.2. The highest BCUT2D eigenvalue weighted by Gasteiger charge is 2.39. The van der Waals surface area contributed by atoms with E-state index >= 15 is 0 Å². The first-order valence-corrected chi connectivity index (χ1v) is 11.1. The van der Waals surface area contributed by atoms with Gasteiger partial charge in [0.25, 0.3) is 0 Å². The fourth-order valence-electron chi connectivity index (χ4n) is 3.16. The van der Waals surface area contributed by atoms with Gasteiger partial charge in [-0.1, -0.05) is 11.6 Å². The predicted octanol–water partition coefficient (Wildman–Crippen LogP) is 4.93. The maximum absolute atomic E-state index is 13.8. The number of hydrogen-bond donors (Lipinski definition) is 1. The normalized spacial score (nSPS) is 23.6. The Morgan fingerprint density at radius 3 is 2.39 bits per heavy atom. The molecule has 28 heavy (non-hydrogen) atoms. The van der Waals surface area contributed by atoms with Gasteiger partial charge in [0.2, 0.25) is 0 Å². The van der Waals surface area contributed by atoms with Crippen LogP contribution in [-0.4, -0.2) is 34.9 Å². The van der Waals surface area contributed by atoms with Crippen LogP contribution in [-0.2, 0) is 13.9 Å². The van der Waals surface area contributed by atoms with Crippen molar-refractivity contribution in [2.75, 3.05) is 13.2 Å². The van der Waals surface area contributed by atoms with Gasteiger partial charge in [-0.25, -0.2) is 4.67 Å². The molecule has 1 N–H and O–H groups in total. The Morgan fingerprint density at radius 2 is 1.79 bits per heavy atom. The summed E-state index contributed by atoms with van der Waals surface area (Å²) in [6.45, 7) is 1.90. The first-order chi connectivity index (χ1) is 13.4. The van der Waals surface area contributed by atoms with Crippen molar-refractivity contribution >= 4 is 30.4 Å². The molecule has 2 aromatic rings. The summed E-state index contributed by atoms with van der Waals surface area (Å²) in [5.41, 5.74) is 0. The van der Waals surface area contributed by atoms with Crippen molar-refractivity contribution in [1.29, 1.82) is 0 Å². The van der Waals surface area contributed by atoms with Gasteiger partial charge in [-0.2, -0.15) is 0 Å². The van der Waals surface area contributed by atoms with Crippen LogP contribution in [0.3, 0.4) is 0 Å². The molecule has 1 aliphatic rings. The molecule has 1 heterocycles. The van der Waals surface area contributed by atoms with Crippen LogP contribution in [0.1, 0.15) is 26.2 Å². The molecule has 1 fully saturated rings. The summed E-state index contributed by atoms with van der Waals surface area (Å²) in [7, 11) is -3.49. The SMILES string of the molecule is CC1CCCCOP(=O)(c2ccc(Oc3ccc(Cl)cc3)cc2)N1CC(=O)O. The van der Waals surface area contributed by atoms with Crippen molar-refractivity contribution in [2.45, 2.75) is 32.2 Å². The number of hydrogen-bond acceptors (Lipinski definition) is 4. The molecule has 0 bridgehead atoms. The lowest BCUT2D eigenvalue weighted by Crippen LogP contribution is -2.39. The second kappa shape index (κ2) is 9.10. The summed E-state index contributed by atoms with van der Waals surface area (Å²) in [4.78, 5) is 11.4. The van der Waals surface area contributed by atoms with Gasteiger partial charge >= 0.3 is 13.5 Å². The molecule has 0 amide bonds. The van der Waals surface area contributed by atoms with Gasteiger partial charge in [-0.05, 0) is 74.7 Å². The van der Waals surface area contributed by atoms with Crippen LogP contribution >= 0.6 is 19.1 Å². The van der Waals surface area contributed by atoms with E-state index in [2.05, 4.69) is 0 Å². The molecule has 8 heteroatoms. The van der Waals surface area contributed by atoms with Crippen molar-refractivity contribution in [3.8, 4) is 11.5 Å². The second-order valence-electron chi connectivity index (χ2n) is 6.74. The second-order valence-corrected chi connectivity index (χ2v) is 9.51. The van der Waals surface area contributed by atoms with E-state index in [1.807, 2.05) is 6.92 Å². The van der Waals surface area contributed by atoms with Crippen LogP contribution in [0.2, 0.25) is 5.02 Å². The molecular weight excluding hydrogens is 401 g/mol. The standard InChI is InChI=1S/C20H23ClNO5P/c1-15-4-2-3-13-26-28(25,22(15)14-20(23)24)19-11-9-18(10-12-19)27-17-7-5-16(21)6-8-17/h5-12,15H,2-4,13-14H2,1H3,(H,23,24). The van der Waals surface area contributed by atoms with Crippen LogP contribution in [0.25, 0.3) is 0 Å². The van der Waals surface area contributed by atoms with Crippen LogP contribution in [0, 0.1) is 0 Å². The highest BCUT2D eigenvalue weighted by atomic mass is 35.5. The van der Waals surface area contributed by atoms with Crippen molar-refractivity contribution in [2.24, 2.45) is 0 Å². The number of carboxylic acids is 1. The van der Waals surface area contributed by atoms with Crippen molar-refractivity contribution in [3.63, 3.8) is 0 Å². The highest BCUT2D eigenvalue weighted by molar-refractivity contribution is 7.64. The summed E-state index contributed by atoms with van der Waals surface area (Å²) in [6, 6.07) is 13.6. The molecule has 6 nitrogen and oxygen atoms in total. The van der Waals surface area contributed by atoms with Crippen molar-refractivity contribution in [1.82, 2.24) is 4.67 Å². The summed E-state index contributed by atoms with van der Waals surface area (Å²) < 4.78 is 26.8. The van der Waals surface area contributed by atoms with Crippen molar-refractivity contribution in [3.05, 3.63) is 53.6 Å². The molecule has 3 rings (SSSR count). The molecule has 1 aliphatic heterocycles. The van der Waals surface area contributed by atoms with Gasteiger partial charge in [-0.15, -0.1) is 0 Å². The monoisotopic (exact) mass is 423 g/mol. The van der Waals surface area contributed by atoms with Gasteiger partial charge < -0.3 is 14.4 Å². The van der Waals surface area contributed by atoms with Crippen LogP contribution in [0.15, 0.2) is 48.5 Å². The molecule has 150 valence electrons. The number of halogens is 1. The lowest BCUT2D eigenvalue weighted by Gasteiger charge is -2.36. The Bertz CT molecular complexity index is 856. The minimum Gasteiger partial charge on any atom is -0.480 e. The Balaban J connectivity index is 1.86. The van der Waals surface area contributed by atoms with Gasteiger partial charge in [0.15, 0.2) is 0 Å². The molecule has 2 atom stereocenters. The molecule has 0 radical (unpaired) electrons. The zero-order chi connectivity index (χ0) is 20.1. The smallest absolute Gasteiger partial charge is 0.318 e. The number of rotatable bonds is 5. The summed E-state index contributed by atoms with van der Waals surface area (Å²) in [5.74, 6) is 0.175. The molecule has 0 saturated carbocycles. The highest BCUT2D eigenvalue weighted by Crippen LogP contribution is 2.52. The summed E-state index contributed by atoms with van der Waals surface area (Å²) in [5, 5.41) is 10.4. The average molecular weight is 424 g/mol. The summed E-state index contributed by atoms with van der Waals surface area (Å²) >= 11 is 5.88. The number of aliphatic carboxylic acids is 1.